The Kier molecular flexibility index (Phi) is 4.47. The van der Waals surface area contributed by atoms with Gasteiger partial charge in [-0.1, -0.05) is 30.3 Å². The lowest BCUT2D eigenvalue weighted by Gasteiger charge is -2.16. The van der Waals surface area contributed by atoms with Crippen molar-refractivity contribution < 1.29 is 22.3 Å². The predicted molar refractivity (Wildman–Crippen MR) is 70.2 cm³/mol. The standard InChI is InChI=1S/C15H13F4NO/c16-13-4-2-1-3-11(13)9-21-12-7-5-10(6-8-12)14(20)15(17,18)19/h1-8,14H,9,20H2/t14-/m1/s1. The van der Waals surface area contributed by atoms with Crippen molar-refractivity contribution in [3.63, 3.8) is 0 Å². The van der Waals surface area contributed by atoms with Gasteiger partial charge in [0.05, 0.1) is 0 Å². The second-order valence-electron chi connectivity index (χ2n) is 4.47. The number of hydrogen-bond acceptors (Lipinski definition) is 2. The van der Waals surface area contributed by atoms with Crippen LogP contribution in [0, 0.1) is 5.82 Å². The molecule has 0 aliphatic heterocycles. The molecule has 0 aromatic heterocycles. The largest absolute Gasteiger partial charge is 0.489 e. The van der Waals surface area contributed by atoms with Crippen LogP contribution in [0.5, 0.6) is 5.75 Å². The van der Waals surface area contributed by atoms with Gasteiger partial charge in [0.1, 0.15) is 24.2 Å². The quantitative estimate of drug-likeness (QED) is 0.867. The van der Waals surface area contributed by atoms with E-state index in [-0.39, 0.29) is 12.2 Å². The number of rotatable bonds is 4. The van der Waals surface area contributed by atoms with Crippen LogP contribution in [-0.4, -0.2) is 6.18 Å². The third-order valence-corrected chi connectivity index (χ3v) is 2.94. The van der Waals surface area contributed by atoms with Gasteiger partial charge in [0.2, 0.25) is 0 Å². The van der Waals surface area contributed by atoms with Gasteiger partial charge in [-0.3, -0.25) is 0 Å². The molecule has 0 bridgehead atoms. The van der Waals surface area contributed by atoms with Gasteiger partial charge < -0.3 is 10.5 Å². The highest BCUT2D eigenvalue weighted by Gasteiger charge is 2.37. The molecule has 0 aliphatic rings. The van der Waals surface area contributed by atoms with Crippen LogP contribution in [0.4, 0.5) is 17.6 Å². The molecular weight excluding hydrogens is 286 g/mol. The summed E-state index contributed by atoms with van der Waals surface area (Å²) in [5, 5.41) is 0. The van der Waals surface area contributed by atoms with Crippen LogP contribution in [0.25, 0.3) is 0 Å². The van der Waals surface area contributed by atoms with Gasteiger partial charge in [-0.2, -0.15) is 13.2 Å². The molecule has 0 aliphatic carbocycles. The van der Waals surface area contributed by atoms with Crippen molar-refractivity contribution in [2.75, 3.05) is 0 Å². The Morgan fingerprint density at radius 1 is 1.00 bits per heavy atom. The summed E-state index contributed by atoms with van der Waals surface area (Å²) >= 11 is 0. The number of ether oxygens (including phenoxy) is 1. The normalized spacial score (nSPS) is 13.0. The molecule has 21 heavy (non-hydrogen) atoms. The second-order valence-corrected chi connectivity index (χ2v) is 4.47. The predicted octanol–water partition coefficient (Wildman–Crippen LogP) is 3.97. The zero-order valence-electron chi connectivity index (χ0n) is 10.9. The zero-order valence-corrected chi connectivity index (χ0v) is 10.9. The fourth-order valence-electron chi connectivity index (χ4n) is 1.74. The number of nitrogens with two attached hydrogens (primary N) is 1. The molecule has 112 valence electrons. The van der Waals surface area contributed by atoms with E-state index in [2.05, 4.69) is 0 Å². The second kappa shape index (κ2) is 6.13. The number of alkyl halides is 3. The number of halogens is 4. The maximum Gasteiger partial charge on any atom is 0.407 e. The fraction of sp³-hybridized carbons (Fsp3) is 0.200. The molecule has 2 N–H and O–H groups in total. The fourth-order valence-corrected chi connectivity index (χ4v) is 1.74. The Hall–Kier alpha value is -2.08. The SMILES string of the molecule is N[C@H](c1ccc(OCc2ccccc2F)cc1)C(F)(F)F. The van der Waals surface area contributed by atoms with Crippen molar-refractivity contribution in [3.05, 3.63) is 65.5 Å². The van der Waals surface area contributed by atoms with Gasteiger partial charge in [-0.25, -0.2) is 4.39 Å². The maximum absolute atomic E-state index is 13.4. The Bertz CT molecular complexity index is 595. The van der Waals surface area contributed by atoms with Gasteiger partial charge in [-0.05, 0) is 23.8 Å². The average molecular weight is 299 g/mol. The minimum Gasteiger partial charge on any atom is -0.489 e. The Morgan fingerprint density at radius 3 is 2.19 bits per heavy atom. The van der Waals surface area contributed by atoms with Crippen molar-refractivity contribution in [2.24, 2.45) is 5.73 Å². The third-order valence-electron chi connectivity index (χ3n) is 2.94. The van der Waals surface area contributed by atoms with E-state index in [4.69, 9.17) is 10.5 Å². The van der Waals surface area contributed by atoms with Crippen molar-refractivity contribution in [1.29, 1.82) is 0 Å². The molecule has 0 heterocycles. The van der Waals surface area contributed by atoms with Crippen molar-refractivity contribution in [1.82, 2.24) is 0 Å². The molecule has 0 radical (unpaired) electrons. The maximum atomic E-state index is 13.4. The molecule has 0 saturated carbocycles. The highest BCUT2D eigenvalue weighted by Crippen LogP contribution is 2.31. The minimum atomic E-state index is -4.49. The van der Waals surface area contributed by atoms with E-state index >= 15 is 0 Å². The van der Waals surface area contributed by atoms with E-state index in [0.717, 1.165) is 0 Å². The van der Waals surface area contributed by atoms with Crippen molar-refractivity contribution >= 4 is 0 Å². The molecule has 2 nitrogen and oxygen atoms in total. The highest BCUT2D eigenvalue weighted by atomic mass is 19.4. The summed E-state index contributed by atoms with van der Waals surface area (Å²) in [5.41, 5.74) is 5.41. The molecule has 0 spiro atoms. The molecule has 1 atom stereocenters. The third kappa shape index (κ3) is 3.95. The minimum absolute atomic E-state index is 0.00263. The first-order valence-electron chi connectivity index (χ1n) is 6.16. The smallest absolute Gasteiger partial charge is 0.407 e. The molecule has 0 saturated heterocycles. The molecule has 2 rings (SSSR count). The van der Waals surface area contributed by atoms with Gasteiger partial charge >= 0.3 is 6.18 Å². The lowest BCUT2D eigenvalue weighted by molar-refractivity contribution is -0.149. The summed E-state index contributed by atoms with van der Waals surface area (Å²) in [4.78, 5) is 0. The van der Waals surface area contributed by atoms with E-state index in [0.29, 0.717) is 11.3 Å². The van der Waals surface area contributed by atoms with Crippen LogP contribution < -0.4 is 10.5 Å². The van der Waals surface area contributed by atoms with Crippen molar-refractivity contribution in [3.8, 4) is 5.75 Å². The van der Waals surface area contributed by atoms with Crippen LogP contribution in [0.1, 0.15) is 17.2 Å². The number of benzene rings is 2. The van der Waals surface area contributed by atoms with Crippen LogP contribution >= 0.6 is 0 Å². The van der Waals surface area contributed by atoms with E-state index in [1.165, 1.54) is 30.3 Å². The van der Waals surface area contributed by atoms with Gasteiger partial charge in [0.15, 0.2) is 0 Å². The lowest BCUT2D eigenvalue weighted by Crippen LogP contribution is -2.28. The molecule has 2 aromatic carbocycles. The zero-order chi connectivity index (χ0) is 15.5. The topological polar surface area (TPSA) is 35.2 Å². The average Bonchev–Trinajstić information content (AvgIpc) is 2.45. The Balaban J connectivity index is 2.02. The summed E-state index contributed by atoms with van der Waals surface area (Å²) < 4.78 is 56.1. The molecule has 2 aromatic rings. The summed E-state index contributed by atoms with van der Waals surface area (Å²) in [6.45, 7) is -0.00263. The first-order valence-corrected chi connectivity index (χ1v) is 6.16. The van der Waals surface area contributed by atoms with E-state index < -0.39 is 18.0 Å². The van der Waals surface area contributed by atoms with E-state index in [1.54, 1.807) is 18.2 Å². The Morgan fingerprint density at radius 2 is 1.62 bits per heavy atom. The summed E-state index contributed by atoms with van der Waals surface area (Å²) in [6, 6.07) is 9.33. The molecular formula is C15H13F4NO. The molecule has 6 heteroatoms. The molecule has 0 amide bonds. The summed E-state index contributed by atoms with van der Waals surface area (Å²) in [7, 11) is 0. The molecule has 0 fully saturated rings. The van der Waals surface area contributed by atoms with Crippen LogP contribution in [0.3, 0.4) is 0 Å². The van der Waals surface area contributed by atoms with E-state index in [1.807, 2.05) is 0 Å². The van der Waals surface area contributed by atoms with Crippen LogP contribution in [-0.2, 0) is 6.61 Å². The number of hydrogen-bond donors (Lipinski definition) is 1. The van der Waals surface area contributed by atoms with E-state index in [9.17, 15) is 17.6 Å². The van der Waals surface area contributed by atoms with Gasteiger partial charge in [0, 0.05) is 5.56 Å². The monoisotopic (exact) mass is 299 g/mol. The summed E-state index contributed by atoms with van der Waals surface area (Å²) in [6.07, 6.45) is -4.49. The first-order chi connectivity index (χ1) is 9.88. The molecule has 0 unspecified atom stereocenters. The first kappa shape index (κ1) is 15.3. The Labute approximate surface area is 119 Å². The summed E-state index contributed by atoms with van der Waals surface area (Å²) in [5.74, 6) is -0.0513. The van der Waals surface area contributed by atoms with Crippen LogP contribution in [0.15, 0.2) is 48.5 Å². The van der Waals surface area contributed by atoms with Crippen LogP contribution in [0.2, 0.25) is 0 Å². The van der Waals surface area contributed by atoms with Crippen molar-refractivity contribution in [2.45, 2.75) is 18.8 Å². The lowest BCUT2D eigenvalue weighted by atomic mass is 10.1. The van der Waals surface area contributed by atoms with Gasteiger partial charge in [-0.15, -0.1) is 0 Å². The highest BCUT2D eigenvalue weighted by molar-refractivity contribution is 5.30. The van der Waals surface area contributed by atoms with Gasteiger partial charge in [0.25, 0.3) is 0 Å².